The number of rotatable bonds is 5. The molecule has 0 aliphatic heterocycles. The second kappa shape index (κ2) is 5.91. The molecule has 0 atom stereocenters. The minimum absolute atomic E-state index is 0.514. The van der Waals surface area contributed by atoms with Crippen LogP contribution in [0.2, 0.25) is 0 Å². The predicted octanol–water partition coefficient (Wildman–Crippen LogP) is 3.31. The van der Waals surface area contributed by atoms with Crippen LogP contribution >= 0.6 is 0 Å². The van der Waals surface area contributed by atoms with Crippen molar-refractivity contribution in [2.75, 3.05) is 14.2 Å². The quantitative estimate of drug-likeness (QED) is 0.772. The Bertz CT molecular complexity index is 561. The maximum atomic E-state index is 10.7. The number of aldehydes is 1. The van der Waals surface area contributed by atoms with Gasteiger partial charge in [-0.05, 0) is 42.5 Å². The highest BCUT2D eigenvalue weighted by molar-refractivity contribution is 5.76. The van der Waals surface area contributed by atoms with Crippen molar-refractivity contribution in [2.24, 2.45) is 0 Å². The Morgan fingerprint density at radius 1 is 0.842 bits per heavy atom. The van der Waals surface area contributed by atoms with Crippen LogP contribution in [0.3, 0.4) is 0 Å². The van der Waals surface area contributed by atoms with Gasteiger partial charge in [-0.3, -0.25) is 4.79 Å². The first-order valence-corrected chi connectivity index (χ1v) is 5.72. The molecule has 0 saturated carbocycles. The molecule has 0 aliphatic carbocycles. The summed E-state index contributed by atoms with van der Waals surface area (Å²) in [5.41, 5.74) is 0.541. The average molecular weight is 258 g/mol. The van der Waals surface area contributed by atoms with E-state index in [4.69, 9.17) is 14.2 Å². The Balaban J connectivity index is 2.24. The Kier molecular flexibility index (Phi) is 4.03. The molecule has 0 fully saturated rings. The zero-order valence-corrected chi connectivity index (χ0v) is 10.8. The predicted molar refractivity (Wildman–Crippen MR) is 71.4 cm³/mol. The fourth-order valence-corrected chi connectivity index (χ4v) is 1.61. The summed E-state index contributed by atoms with van der Waals surface area (Å²) in [6.45, 7) is 0. The summed E-state index contributed by atoms with van der Waals surface area (Å²) in [5, 5.41) is 0. The van der Waals surface area contributed by atoms with E-state index in [2.05, 4.69) is 0 Å². The van der Waals surface area contributed by atoms with Crippen LogP contribution in [0.4, 0.5) is 0 Å². The molecule has 19 heavy (non-hydrogen) atoms. The Hall–Kier alpha value is -2.49. The highest BCUT2D eigenvalue weighted by Gasteiger charge is 2.07. The molecule has 0 aromatic heterocycles. The third-order valence-corrected chi connectivity index (χ3v) is 2.61. The van der Waals surface area contributed by atoms with E-state index in [0.717, 1.165) is 12.0 Å². The molecule has 0 saturated heterocycles. The van der Waals surface area contributed by atoms with Crippen LogP contribution < -0.4 is 14.2 Å². The largest absolute Gasteiger partial charge is 0.497 e. The van der Waals surface area contributed by atoms with Crippen LogP contribution in [0.15, 0.2) is 42.5 Å². The number of hydrogen-bond acceptors (Lipinski definition) is 4. The molecule has 2 aromatic rings. The molecule has 2 aromatic carbocycles. The lowest BCUT2D eigenvalue weighted by molar-refractivity contribution is 0.112. The fourth-order valence-electron chi connectivity index (χ4n) is 1.61. The summed E-state index contributed by atoms with van der Waals surface area (Å²) in [4.78, 5) is 10.7. The van der Waals surface area contributed by atoms with Crippen LogP contribution in [0.1, 0.15) is 10.4 Å². The van der Waals surface area contributed by atoms with Crippen molar-refractivity contribution in [1.82, 2.24) is 0 Å². The van der Waals surface area contributed by atoms with Crippen molar-refractivity contribution in [3.63, 3.8) is 0 Å². The molecule has 4 heteroatoms. The minimum Gasteiger partial charge on any atom is -0.497 e. The molecule has 0 aliphatic rings. The molecule has 0 unspecified atom stereocenters. The summed E-state index contributed by atoms with van der Waals surface area (Å²) in [6, 6.07) is 12.2. The summed E-state index contributed by atoms with van der Waals surface area (Å²) in [5.74, 6) is 2.49. The molecule has 0 heterocycles. The Labute approximate surface area is 111 Å². The van der Waals surface area contributed by atoms with Crippen molar-refractivity contribution >= 4 is 6.29 Å². The van der Waals surface area contributed by atoms with Gasteiger partial charge < -0.3 is 14.2 Å². The summed E-state index contributed by atoms with van der Waals surface area (Å²) >= 11 is 0. The van der Waals surface area contributed by atoms with Gasteiger partial charge in [0.1, 0.15) is 17.8 Å². The molecule has 2 rings (SSSR count). The highest BCUT2D eigenvalue weighted by atomic mass is 16.5. The van der Waals surface area contributed by atoms with Crippen molar-refractivity contribution in [2.45, 2.75) is 0 Å². The Morgan fingerprint density at radius 3 is 2.11 bits per heavy atom. The fraction of sp³-hybridized carbons (Fsp3) is 0.133. The monoisotopic (exact) mass is 258 g/mol. The second-order valence-corrected chi connectivity index (χ2v) is 3.81. The molecule has 98 valence electrons. The van der Waals surface area contributed by atoms with Gasteiger partial charge in [0.15, 0.2) is 11.5 Å². The zero-order chi connectivity index (χ0) is 13.7. The van der Waals surface area contributed by atoms with Crippen LogP contribution in [-0.4, -0.2) is 20.5 Å². The van der Waals surface area contributed by atoms with E-state index in [0.29, 0.717) is 22.8 Å². The van der Waals surface area contributed by atoms with Gasteiger partial charge in [0.05, 0.1) is 14.2 Å². The van der Waals surface area contributed by atoms with Gasteiger partial charge in [-0.25, -0.2) is 0 Å². The van der Waals surface area contributed by atoms with E-state index in [1.165, 1.54) is 7.11 Å². The Morgan fingerprint density at radius 2 is 1.53 bits per heavy atom. The normalized spacial score (nSPS) is 9.79. The number of benzene rings is 2. The van der Waals surface area contributed by atoms with Crippen LogP contribution in [0.25, 0.3) is 0 Å². The molecule has 4 nitrogen and oxygen atoms in total. The number of ether oxygens (including phenoxy) is 3. The van der Waals surface area contributed by atoms with Gasteiger partial charge >= 0.3 is 0 Å². The van der Waals surface area contributed by atoms with Crippen molar-refractivity contribution < 1.29 is 19.0 Å². The molecule has 0 bridgehead atoms. The van der Waals surface area contributed by atoms with E-state index in [-0.39, 0.29) is 0 Å². The number of methoxy groups -OCH3 is 2. The number of hydrogen-bond donors (Lipinski definition) is 0. The van der Waals surface area contributed by atoms with Crippen LogP contribution in [0.5, 0.6) is 23.0 Å². The van der Waals surface area contributed by atoms with Crippen molar-refractivity contribution in [1.29, 1.82) is 0 Å². The number of carbonyl (C=O) groups is 1. The van der Waals surface area contributed by atoms with Crippen molar-refractivity contribution in [3.8, 4) is 23.0 Å². The maximum Gasteiger partial charge on any atom is 0.169 e. The maximum absolute atomic E-state index is 10.7. The molecule has 0 radical (unpaired) electrons. The summed E-state index contributed by atoms with van der Waals surface area (Å²) < 4.78 is 16.0. The van der Waals surface area contributed by atoms with E-state index in [9.17, 15) is 4.79 Å². The minimum atomic E-state index is 0.514. The summed E-state index contributed by atoms with van der Waals surface area (Å²) in [6.07, 6.45) is 0.764. The molecular weight excluding hydrogens is 244 g/mol. The third-order valence-electron chi connectivity index (χ3n) is 2.61. The smallest absolute Gasteiger partial charge is 0.169 e. The first-order valence-electron chi connectivity index (χ1n) is 5.72. The molecule has 0 N–H and O–H groups in total. The first-order chi connectivity index (χ1) is 9.26. The first kappa shape index (κ1) is 13.0. The average Bonchev–Trinajstić information content (AvgIpc) is 2.48. The second-order valence-electron chi connectivity index (χ2n) is 3.81. The lowest BCUT2D eigenvalue weighted by Gasteiger charge is -2.11. The van der Waals surface area contributed by atoms with Gasteiger partial charge in [0.2, 0.25) is 0 Å². The van der Waals surface area contributed by atoms with E-state index >= 15 is 0 Å². The van der Waals surface area contributed by atoms with Gasteiger partial charge in [-0.15, -0.1) is 0 Å². The number of carbonyl (C=O) groups excluding carboxylic acids is 1. The third kappa shape index (κ3) is 3.04. The molecular formula is C15H14O4. The van der Waals surface area contributed by atoms with Crippen LogP contribution in [-0.2, 0) is 0 Å². The van der Waals surface area contributed by atoms with E-state index in [1.807, 2.05) is 12.1 Å². The van der Waals surface area contributed by atoms with Gasteiger partial charge in [-0.1, -0.05) is 0 Å². The highest BCUT2D eigenvalue weighted by Crippen LogP contribution is 2.32. The topological polar surface area (TPSA) is 44.8 Å². The lowest BCUT2D eigenvalue weighted by atomic mass is 10.2. The van der Waals surface area contributed by atoms with Gasteiger partial charge in [0, 0.05) is 5.56 Å². The van der Waals surface area contributed by atoms with Gasteiger partial charge in [-0.2, -0.15) is 0 Å². The van der Waals surface area contributed by atoms with E-state index < -0.39 is 0 Å². The zero-order valence-electron chi connectivity index (χ0n) is 10.8. The standard InChI is InChI=1S/C15H14O4/c1-17-12-4-6-13(7-5-12)19-14-8-3-11(10-16)9-15(14)18-2/h3-10H,1-2H3. The molecule has 0 amide bonds. The van der Waals surface area contributed by atoms with E-state index in [1.54, 1.807) is 37.4 Å². The lowest BCUT2D eigenvalue weighted by Crippen LogP contribution is -1.92. The SMILES string of the molecule is COc1ccc(Oc2ccc(C=O)cc2OC)cc1. The summed E-state index contributed by atoms with van der Waals surface area (Å²) in [7, 11) is 3.14. The van der Waals surface area contributed by atoms with Gasteiger partial charge in [0.25, 0.3) is 0 Å². The van der Waals surface area contributed by atoms with Crippen LogP contribution in [0, 0.1) is 0 Å². The van der Waals surface area contributed by atoms with Crippen molar-refractivity contribution in [3.05, 3.63) is 48.0 Å². The molecule has 0 spiro atoms.